The van der Waals surface area contributed by atoms with Crippen LogP contribution in [0.4, 0.5) is 0 Å². The molecule has 1 aliphatic heterocycles. The number of nitrogens with zero attached hydrogens (tertiary/aromatic N) is 2. The number of rotatable bonds is 6. The number of aromatic amines is 1. The SMILES string of the molecule is Cc1[nH]c(-c2cccc(C(C)(C)C)c2)nc1C(C)(C(c1ccccc1)c1ccccc1)N1CCNCC1. The molecule has 0 spiro atoms. The highest BCUT2D eigenvalue weighted by Gasteiger charge is 2.46. The summed E-state index contributed by atoms with van der Waals surface area (Å²) in [6.45, 7) is 15.3. The third-order valence-electron chi connectivity index (χ3n) is 7.97. The first-order chi connectivity index (χ1) is 17.8. The van der Waals surface area contributed by atoms with Crippen molar-refractivity contribution in [2.24, 2.45) is 0 Å². The van der Waals surface area contributed by atoms with Gasteiger partial charge in [0.05, 0.1) is 11.2 Å². The van der Waals surface area contributed by atoms with Gasteiger partial charge in [0, 0.05) is 43.4 Å². The van der Waals surface area contributed by atoms with Crippen molar-refractivity contribution in [2.45, 2.75) is 51.5 Å². The summed E-state index contributed by atoms with van der Waals surface area (Å²) in [6.07, 6.45) is 0. The average molecular weight is 493 g/mol. The molecule has 1 aromatic heterocycles. The maximum absolute atomic E-state index is 5.40. The van der Waals surface area contributed by atoms with E-state index in [-0.39, 0.29) is 16.9 Å². The molecule has 2 N–H and O–H groups in total. The van der Waals surface area contributed by atoms with E-state index in [0.29, 0.717) is 0 Å². The van der Waals surface area contributed by atoms with Crippen LogP contribution in [0.2, 0.25) is 0 Å². The number of hydrogen-bond donors (Lipinski definition) is 2. The van der Waals surface area contributed by atoms with Crippen molar-refractivity contribution in [2.75, 3.05) is 26.2 Å². The molecule has 1 fully saturated rings. The maximum Gasteiger partial charge on any atom is 0.137 e. The quantitative estimate of drug-likeness (QED) is 0.317. The van der Waals surface area contributed by atoms with Gasteiger partial charge < -0.3 is 10.3 Å². The van der Waals surface area contributed by atoms with Gasteiger partial charge in [-0.05, 0) is 42.0 Å². The van der Waals surface area contributed by atoms with E-state index in [4.69, 9.17) is 4.98 Å². The van der Waals surface area contributed by atoms with Gasteiger partial charge in [0.15, 0.2) is 0 Å². The molecule has 4 nitrogen and oxygen atoms in total. The lowest BCUT2D eigenvalue weighted by Crippen LogP contribution is -2.56. The third kappa shape index (κ3) is 5.01. The van der Waals surface area contributed by atoms with E-state index in [9.17, 15) is 0 Å². The van der Waals surface area contributed by atoms with Gasteiger partial charge in [0.1, 0.15) is 5.82 Å². The van der Waals surface area contributed by atoms with E-state index in [2.05, 4.69) is 135 Å². The van der Waals surface area contributed by atoms with Crippen molar-refractivity contribution >= 4 is 0 Å². The molecular weight excluding hydrogens is 452 g/mol. The minimum absolute atomic E-state index is 0.0848. The molecule has 0 bridgehead atoms. The Balaban J connectivity index is 1.70. The highest BCUT2D eigenvalue weighted by Crippen LogP contribution is 2.47. The Bertz CT molecular complexity index is 1270. The van der Waals surface area contributed by atoms with E-state index in [1.807, 2.05) is 0 Å². The highest BCUT2D eigenvalue weighted by molar-refractivity contribution is 5.59. The lowest BCUT2D eigenvalue weighted by molar-refractivity contribution is 0.0673. The molecule has 0 amide bonds. The van der Waals surface area contributed by atoms with Crippen LogP contribution in [0.25, 0.3) is 11.4 Å². The Morgan fingerprint density at radius 3 is 1.95 bits per heavy atom. The molecule has 1 saturated heterocycles. The second-order valence-electron chi connectivity index (χ2n) is 11.5. The number of aryl methyl sites for hydroxylation is 1. The number of aromatic nitrogens is 2. The molecule has 5 rings (SSSR count). The number of H-pyrrole nitrogens is 1. The first kappa shape index (κ1) is 25.4. The summed E-state index contributed by atoms with van der Waals surface area (Å²) in [4.78, 5) is 11.7. The second kappa shape index (κ2) is 10.3. The first-order valence-corrected chi connectivity index (χ1v) is 13.5. The van der Waals surface area contributed by atoms with Crippen LogP contribution in [0.5, 0.6) is 0 Å². The van der Waals surface area contributed by atoms with Gasteiger partial charge in [-0.1, -0.05) is 99.6 Å². The lowest BCUT2D eigenvalue weighted by atomic mass is 9.72. The van der Waals surface area contributed by atoms with Crippen LogP contribution in [0.1, 0.15) is 61.7 Å². The van der Waals surface area contributed by atoms with Crippen molar-refractivity contribution in [3.8, 4) is 11.4 Å². The zero-order chi connectivity index (χ0) is 26.0. The summed E-state index contributed by atoms with van der Waals surface area (Å²) in [7, 11) is 0. The maximum atomic E-state index is 5.40. The predicted octanol–water partition coefficient (Wildman–Crippen LogP) is 6.64. The standard InChI is InChI=1S/C33H40N4/c1-24-30(36-31(35-24)27-17-12-18-28(23-27)32(2,3)4)33(5,37-21-19-34-20-22-37)29(25-13-8-6-9-14-25)26-15-10-7-11-16-26/h6-18,23,29,34H,19-22H2,1-5H3,(H,35,36). The minimum atomic E-state index is -0.342. The third-order valence-corrected chi connectivity index (χ3v) is 7.97. The van der Waals surface area contributed by atoms with Crippen molar-refractivity contribution < 1.29 is 0 Å². The molecule has 0 aliphatic carbocycles. The minimum Gasteiger partial charge on any atom is -0.342 e. The number of piperazine rings is 1. The zero-order valence-corrected chi connectivity index (χ0v) is 22.9. The molecule has 0 saturated carbocycles. The number of nitrogens with one attached hydrogen (secondary N) is 2. The molecular formula is C33H40N4. The molecule has 1 atom stereocenters. The Morgan fingerprint density at radius 2 is 1.38 bits per heavy atom. The van der Waals surface area contributed by atoms with Crippen LogP contribution in [0.3, 0.4) is 0 Å². The van der Waals surface area contributed by atoms with E-state index in [1.165, 1.54) is 16.7 Å². The number of benzene rings is 3. The molecule has 3 aromatic carbocycles. The fraction of sp³-hybridized carbons (Fsp3) is 0.364. The van der Waals surface area contributed by atoms with Crippen molar-refractivity contribution in [1.82, 2.24) is 20.2 Å². The molecule has 0 radical (unpaired) electrons. The summed E-state index contributed by atoms with van der Waals surface area (Å²) >= 11 is 0. The Labute approximate surface area is 222 Å². The van der Waals surface area contributed by atoms with Crippen LogP contribution in [0.15, 0.2) is 84.9 Å². The van der Waals surface area contributed by atoms with Crippen molar-refractivity contribution in [3.05, 3.63) is 113 Å². The Hall–Kier alpha value is -3.21. The van der Waals surface area contributed by atoms with E-state index < -0.39 is 0 Å². The van der Waals surface area contributed by atoms with Crippen molar-refractivity contribution in [3.63, 3.8) is 0 Å². The van der Waals surface area contributed by atoms with Crippen LogP contribution < -0.4 is 5.32 Å². The van der Waals surface area contributed by atoms with Crippen molar-refractivity contribution in [1.29, 1.82) is 0 Å². The molecule has 1 aliphatic rings. The molecule has 1 unspecified atom stereocenters. The van der Waals surface area contributed by atoms with E-state index in [0.717, 1.165) is 49.0 Å². The summed E-state index contributed by atoms with van der Waals surface area (Å²) in [5.74, 6) is 1.07. The monoisotopic (exact) mass is 492 g/mol. The smallest absolute Gasteiger partial charge is 0.137 e. The molecule has 37 heavy (non-hydrogen) atoms. The van der Waals surface area contributed by atoms with Crippen LogP contribution in [-0.4, -0.2) is 41.0 Å². The van der Waals surface area contributed by atoms with Gasteiger partial charge in [-0.2, -0.15) is 0 Å². The topological polar surface area (TPSA) is 44.0 Å². The number of imidazole rings is 1. The van der Waals surface area contributed by atoms with Gasteiger partial charge in [0.25, 0.3) is 0 Å². The first-order valence-electron chi connectivity index (χ1n) is 13.5. The fourth-order valence-electron chi connectivity index (χ4n) is 5.95. The van der Waals surface area contributed by atoms with E-state index >= 15 is 0 Å². The van der Waals surface area contributed by atoms with Crippen LogP contribution in [0, 0.1) is 6.92 Å². The Morgan fingerprint density at radius 1 is 0.784 bits per heavy atom. The summed E-state index contributed by atoms with van der Waals surface area (Å²) < 4.78 is 0. The second-order valence-corrected chi connectivity index (χ2v) is 11.5. The molecule has 192 valence electrons. The van der Waals surface area contributed by atoms with Gasteiger partial charge >= 0.3 is 0 Å². The normalized spacial score (nSPS) is 16.6. The highest BCUT2D eigenvalue weighted by atomic mass is 15.3. The summed E-state index contributed by atoms with van der Waals surface area (Å²) in [5, 5.41) is 3.55. The lowest BCUT2D eigenvalue weighted by Gasteiger charge is -2.48. The van der Waals surface area contributed by atoms with Gasteiger partial charge in [0.2, 0.25) is 0 Å². The molecule has 4 aromatic rings. The number of hydrogen-bond acceptors (Lipinski definition) is 3. The van der Waals surface area contributed by atoms with Crippen LogP contribution >= 0.6 is 0 Å². The Kier molecular flexibility index (Phi) is 7.06. The molecule has 4 heteroatoms. The summed E-state index contributed by atoms with van der Waals surface area (Å²) in [5.41, 5.74) is 7.09. The zero-order valence-electron chi connectivity index (χ0n) is 22.9. The summed E-state index contributed by atoms with van der Waals surface area (Å²) in [6, 6.07) is 30.8. The average Bonchev–Trinajstić information content (AvgIpc) is 3.32. The largest absolute Gasteiger partial charge is 0.342 e. The van der Waals surface area contributed by atoms with Gasteiger partial charge in [-0.25, -0.2) is 4.98 Å². The predicted molar refractivity (Wildman–Crippen MR) is 154 cm³/mol. The van der Waals surface area contributed by atoms with Gasteiger partial charge in [-0.3, -0.25) is 4.90 Å². The van der Waals surface area contributed by atoms with Gasteiger partial charge in [-0.15, -0.1) is 0 Å². The molecule has 2 heterocycles. The van der Waals surface area contributed by atoms with E-state index in [1.54, 1.807) is 0 Å². The fourth-order valence-corrected chi connectivity index (χ4v) is 5.95. The van der Waals surface area contributed by atoms with Crippen LogP contribution in [-0.2, 0) is 11.0 Å².